The van der Waals surface area contributed by atoms with Crippen LogP contribution in [0.1, 0.15) is 29.6 Å². The number of aryl methyl sites for hydroxylation is 2. The Hall–Kier alpha value is -4.04. The Kier molecular flexibility index (Phi) is 6.76. The standard InChI is InChI=1S/C29H26BrN5O2/c1-4-27-33-25-14-11-20(30)15-23(25)29(37)35(27)31-16-24-19(3)34(26-8-6-5-7-22(24)26)17-28(36)32-21-12-9-18(2)10-13-21/h5-16H,4,17H2,1-3H3,(H,32,36). The third kappa shape index (κ3) is 4.84. The molecular weight excluding hydrogens is 530 g/mol. The number of aromatic nitrogens is 3. The van der Waals surface area contributed by atoms with Crippen LogP contribution in [0.2, 0.25) is 0 Å². The van der Waals surface area contributed by atoms with Crippen LogP contribution in [0.25, 0.3) is 21.8 Å². The first-order valence-corrected chi connectivity index (χ1v) is 12.8. The number of halogens is 1. The number of benzene rings is 3. The van der Waals surface area contributed by atoms with Crippen molar-refractivity contribution < 1.29 is 4.79 Å². The maximum Gasteiger partial charge on any atom is 0.282 e. The number of carbonyl (C=O) groups is 1. The molecule has 0 aliphatic carbocycles. The van der Waals surface area contributed by atoms with Gasteiger partial charge in [-0.3, -0.25) is 9.59 Å². The Morgan fingerprint density at radius 1 is 1.05 bits per heavy atom. The van der Waals surface area contributed by atoms with Gasteiger partial charge in [-0.15, -0.1) is 0 Å². The molecule has 0 bridgehead atoms. The van der Waals surface area contributed by atoms with E-state index in [1.54, 1.807) is 12.3 Å². The molecule has 1 amide bonds. The Balaban J connectivity index is 1.54. The number of para-hydroxylation sites is 1. The van der Waals surface area contributed by atoms with E-state index in [4.69, 9.17) is 0 Å². The van der Waals surface area contributed by atoms with Gasteiger partial charge in [-0.2, -0.15) is 9.78 Å². The van der Waals surface area contributed by atoms with Gasteiger partial charge in [-0.1, -0.05) is 58.7 Å². The highest BCUT2D eigenvalue weighted by Gasteiger charge is 2.16. The molecule has 0 unspecified atom stereocenters. The zero-order valence-corrected chi connectivity index (χ0v) is 22.4. The molecule has 37 heavy (non-hydrogen) atoms. The van der Waals surface area contributed by atoms with Crippen LogP contribution in [0.3, 0.4) is 0 Å². The van der Waals surface area contributed by atoms with Crippen LogP contribution in [0.4, 0.5) is 5.69 Å². The average Bonchev–Trinajstić information content (AvgIpc) is 3.15. The number of nitrogens with zero attached hydrogens (tertiary/aromatic N) is 4. The van der Waals surface area contributed by atoms with Gasteiger partial charge in [-0.05, 0) is 50.2 Å². The Labute approximate surface area is 222 Å². The highest BCUT2D eigenvalue weighted by Crippen LogP contribution is 2.25. The molecule has 3 aromatic carbocycles. The molecule has 0 aliphatic rings. The number of fused-ring (bicyclic) bond motifs is 2. The van der Waals surface area contributed by atoms with Gasteiger partial charge >= 0.3 is 0 Å². The van der Waals surface area contributed by atoms with E-state index in [1.165, 1.54) is 4.68 Å². The summed E-state index contributed by atoms with van der Waals surface area (Å²) in [6, 6.07) is 21.1. The summed E-state index contributed by atoms with van der Waals surface area (Å²) in [4.78, 5) is 30.9. The van der Waals surface area contributed by atoms with Gasteiger partial charge in [0.1, 0.15) is 12.4 Å². The van der Waals surface area contributed by atoms with Gasteiger partial charge in [0.15, 0.2) is 0 Å². The molecule has 0 spiro atoms. The lowest BCUT2D eigenvalue weighted by molar-refractivity contribution is -0.116. The van der Waals surface area contributed by atoms with Crippen LogP contribution < -0.4 is 10.9 Å². The lowest BCUT2D eigenvalue weighted by Crippen LogP contribution is -2.22. The second-order valence-electron chi connectivity index (χ2n) is 8.92. The lowest BCUT2D eigenvalue weighted by Gasteiger charge is -2.10. The fourth-order valence-electron chi connectivity index (χ4n) is 4.46. The number of anilines is 1. The van der Waals surface area contributed by atoms with E-state index < -0.39 is 0 Å². The molecule has 2 aromatic heterocycles. The summed E-state index contributed by atoms with van der Waals surface area (Å²) < 4.78 is 4.14. The van der Waals surface area contributed by atoms with Crippen LogP contribution in [-0.2, 0) is 17.8 Å². The van der Waals surface area contributed by atoms with E-state index in [9.17, 15) is 9.59 Å². The maximum absolute atomic E-state index is 13.3. The zero-order valence-electron chi connectivity index (χ0n) is 20.8. The van der Waals surface area contributed by atoms with Crippen molar-refractivity contribution in [1.29, 1.82) is 0 Å². The topological polar surface area (TPSA) is 81.3 Å². The summed E-state index contributed by atoms with van der Waals surface area (Å²) in [7, 11) is 0. The minimum Gasteiger partial charge on any atom is -0.335 e. The van der Waals surface area contributed by atoms with Crippen LogP contribution in [0.5, 0.6) is 0 Å². The first kappa shape index (κ1) is 24.6. The number of carbonyl (C=O) groups excluding carboxylic acids is 1. The summed E-state index contributed by atoms with van der Waals surface area (Å²) in [5.41, 5.74) is 4.96. The molecule has 0 radical (unpaired) electrons. The van der Waals surface area contributed by atoms with Crippen molar-refractivity contribution in [3.63, 3.8) is 0 Å². The molecule has 1 N–H and O–H groups in total. The van der Waals surface area contributed by atoms with Crippen LogP contribution in [-0.4, -0.2) is 26.3 Å². The SMILES string of the molecule is CCc1nc2ccc(Br)cc2c(=O)n1N=Cc1c(C)n(CC(=O)Nc2ccc(C)cc2)c2ccccc12. The highest BCUT2D eigenvalue weighted by molar-refractivity contribution is 9.10. The molecule has 5 rings (SSSR count). The monoisotopic (exact) mass is 555 g/mol. The minimum atomic E-state index is -0.224. The summed E-state index contributed by atoms with van der Waals surface area (Å²) in [5.74, 6) is 0.458. The molecule has 7 nitrogen and oxygen atoms in total. The molecule has 2 heterocycles. The van der Waals surface area contributed by atoms with E-state index in [0.717, 1.165) is 37.9 Å². The molecule has 5 aromatic rings. The fraction of sp³-hybridized carbons (Fsp3) is 0.172. The second-order valence-corrected chi connectivity index (χ2v) is 9.84. The Morgan fingerprint density at radius 2 is 1.81 bits per heavy atom. The number of hydrogen-bond donors (Lipinski definition) is 1. The minimum absolute atomic E-state index is 0.120. The molecule has 0 aliphatic heterocycles. The predicted molar refractivity (Wildman–Crippen MR) is 153 cm³/mol. The van der Waals surface area contributed by atoms with Crippen molar-refractivity contribution in [2.24, 2.45) is 5.10 Å². The Morgan fingerprint density at radius 3 is 2.57 bits per heavy atom. The first-order valence-electron chi connectivity index (χ1n) is 12.1. The molecule has 0 fully saturated rings. The normalized spacial score (nSPS) is 11.6. The van der Waals surface area contributed by atoms with Gasteiger partial charge < -0.3 is 9.88 Å². The van der Waals surface area contributed by atoms with Gasteiger partial charge in [0.2, 0.25) is 5.91 Å². The summed E-state index contributed by atoms with van der Waals surface area (Å²) in [6.45, 7) is 6.07. The zero-order chi connectivity index (χ0) is 26.1. The van der Waals surface area contributed by atoms with Crippen molar-refractivity contribution in [3.05, 3.63) is 104 Å². The van der Waals surface area contributed by atoms with E-state index in [0.29, 0.717) is 23.1 Å². The third-order valence-corrected chi connectivity index (χ3v) is 6.90. The average molecular weight is 556 g/mol. The molecule has 186 valence electrons. The molecule has 8 heteroatoms. The van der Waals surface area contributed by atoms with Crippen molar-refractivity contribution >= 4 is 55.5 Å². The van der Waals surface area contributed by atoms with Crippen molar-refractivity contribution in [3.8, 4) is 0 Å². The summed E-state index contributed by atoms with van der Waals surface area (Å²) in [6.07, 6.45) is 2.25. The van der Waals surface area contributed by atoms with Gasteiger partial charge in [0.05, 0.1) is 17.1 Å². The van der Waals surface area contributed by atoms with Crippen LogP contribution >= 0.6 is 15.9 Å². The van der Waals surface area contributed by atoms with E-state index >= 15 is 0 Å². The largest absolute Gasteiger partial charge is 0.335 e. The molecule has 0 atom stereocenters. The highest BCUT2D eigenvalue weighted by atomic mass is 79.9. The maximum atomic E-state index is 13.3. The molecular formula is C29H26BrN5O2. The Bertz CT molecular complexity index is 1730. The summed E-state index contributed by atoms with van der Waals surface area (Å²) in [5, 5.41) is 9.01. The van der Waals surface area contributed by atoms with E-state index in [2.05, 4.69) is 31.3 Å². The number of hydrogen-bond acceptors (Lipinski definition) is 4. The van der Waals surface area contributed by atoms with Crippen molar-refractivity contribution in [2.75, 3.05) is 5.32 Å². The smallest absolute Gasteiger partial charge is 0.282 e. The number of amides is 1. The van der Waals surface area contributed by atoms with Crippen LogP contribution in [0.15, 0.2) is 81.1 Å². The molecule has 0 saturated carbocycles. The first-order chi connectivity index (χ1) is 17.9. The quantitative estimate of drug-likeness (QED) is 0.268. The predicted octanol–water partition coefficient (Wildman–Crippen LogP) is 5.81. The van der Waals surface area contributed by atoms with E-state index in [1.807, 2.05) is 86.0 Å². The van der Waals surface area contributed by atoms with Crippen molar-refractivity contribution in [2.45, 2.75) is 33.7 Å². The van der Waals surface area contributed by atoms with Crippen molar-refractivity contribution in [1.82, 2.24) is 14.2 Å². The number of nitrogens with one attached hydrogen (secondary N) is 1. The second kappa shape index (κ2) is 10.1. The van der Waals surface area contributed by atoms with Gasteiger partial charge in [0, 0.05) is 38.7 Å². The summed E-state index contributed by atoms with van der Waals surface area (Å²) >= 11 is 3.44. The lowest BCUT2D eigenvalue weighted by atomic mass is 10.1. The third-order valence-electron chi connectivity index (χ3n) is 6.41. The number of rotatable bonds is 6. The van der Waals surface area contributed by atoms with E-state index in [-0.39, 0.29) is 18.0 Å². The van der Waals surface area contributed by atoms with Crippen LogP contribution in [0, 0.1) is 13.8 Å². The van der Waals surface area contributed by atoms with Gasteiger partial charge in [-0.25, -0.2) is 4.98 Å². The fourth-order valence-corrected chi connectivity index (χ4v) is 4.82. The molecule has 0 saturated heterocycles. The van der Waals surface area contributed by atoms with Gasteiger partial charge in [0.25, 0.3) is 5.56 Å².